The molecule has 0 aliphatic carbocycles. The smallest absolute Gasteiger partial charge is 0.120 e. The average molecular weight is 380 g/mol. The van der Waals surface area contributed by atoms with E-state index in [9.17, 15) is 0 Å². The van der Waals surface area contributed by atoms with Crippen LogP contribution in [0, 0.1) is 0 Å². The van der Waals surface area contributed by atoms with E-state index in [2.05, 4.69) is 15.9 Å². The molecule has 2 aromatic carbocycles. The van der Waals surface area contributed by atoms with Crippen molar-refractivity contribution in [1.82, 2.24) is 0 Å². The molecule has 0 radical (unpaired) electrons. The zero-order valence-electron chi connectivity index (χ0n) is 9.96. The molecule has 100 valence electrons. The second-order valence-electron chi connectivity index (χ2n) is 3.92. The van der Waals surface area contributed by atoms with Gasteiger partial charge in [0, 0.05) is 4.47 Å². The average Bonchev–Trinajstić information content (AvgIpc) is 2.41. The third kappa shape index (κ3) is 3.38. The van der Waals surface area contributed by atoms with Gasteiger partial charge in [-0.3, -0.25) is 0 Å². The van der Waals surface area contributed by atoms with E-state index < -0.39 is 0 Å². The van der Waals surface area contributed by atoms with E-state index in [1.807, 2.05) is 24.3 Å². The molecule has 0 aliphatic heterocycles. The van der Waals surface area contributed by atoms with Crippen LogP contribution in [0.4, 0.5) is 0 Å². The van der Waals surface area contributed by atoms with Gasteiger partial charge in [-0.05, 0) is 35.4 Å². The molecule has 0 aromatic heterocycles. The lowest BCUT2D eigenvalue weighted by molar-refractivity contribution is 0.414. The number of alkyl halides is 1. The zero-order valence-corrected chi connectivity index (χ0v) is 13.8. The maximum absolute atomic E-state index is 6.48. The van der Waals surface area contributed by atoms with Gasteiger partial charge in [-0.2, -0.15) is 0 Å². The Morgan fingerprint density at radius 1 is 1.05 bits per heavy atom. The second-order valence-corrected chi connectivity index (χ2v) is 6.03. The number of methoxy groups -OCH3 is 1. The molecule has 0 bridgehead atoms. The highest BCUT2D eigenvalue weighted by atomic mass is 79.9. The van der Waals surface area contributed by atoms with Gasteiger partial charge >= 0.3 is 0 Å². The maximum Gasteiger partial charge on any atom is 0.120 e. The fourth-order valence-corrected chi connectivity index (χ4v) is 3.04. The molecule has 0 fully saturated rings. The third-order valence-corrected chi connectivity index (χ3v) is 4.63. The lowest BCUT2D eigenvalue weighted by Crippen LogP contribution is -1.95. The molecule has 0 amide bonds. The summed E-state index contributed by atoms with van der Waals surface area (Å²) < 4.78 is 6.05. The first kappa shape index (κ1) is 15.0. The van der Waals surface area contributed by atoms with Gasteiger partial charge in [0.05, 0.1) is 22.5 Å². The second kappa shape index (κ2) is 6.36. The van der Waals surface area contributed by atoms with Crippen LogP contribution in [0.3, 0.4) is 0 Å². The largest absolute Gasteiger partial charge is 0.497 e. The minimum atomic E-state index is -0.310. The standard InChI is InChI=1S/C14H10BrCl3O/c1-19-9-3-4-10(11(15)7-9)14(18)8-2-5-12(16)13(17)6-8/h2-7,14H,1H3. The third-order valence-electron chi connectivity index (χ3n) is 2.72. The Morgan fingerprint density at radius 2 is 1.79 bits per heavy atom. The minimum Gasteiger partial charge on any atom is -0.497 e. The number of benzene rings is 2. The molecule has 0 saturated carbocycles. The Hall–Kier alpha value is -0.410. The summed E-state index contributed by atoms with van der Waals surface area (Å²) in [4.78, 5) is 0. The van der Waals surface area contributed by atoms with Crippen LogP contribution in [-0.2, 0) is 0 Å². The summed E-state index contributed by atoms with van der Waals surface area (Å²) in [6, 6.07) is 11.0. The van der Waals surface area contributed by atoms with Crippen molar-refractivity contribution in [2.45, 2.75) is 5.38 Å². The monoisotopic (exact) mass is 378 g/mol. The summed E-state index contributed by atoms with van der Waals surface area (Å²) in [7, 11) is 1.62. The van der Waals surface area contributed by atoms with Crippen LogP contribution in [0.2, 0.25) is 10.0 Å². The number of hydrogen-bond donors (Lipinski definition) is 0. The molecular weight excluding hydrogens is 370 g/mol. The summed E-state index contributed by atoms with van der Waals surface area (Å²) >= 11 is 21.9. The van der Waals surface area contributed by atoms with Crippen molar-refractivity contribution in [2.75, 3.05) is 7.11 Å². The normalized spacial score (nSPS) is 12.3. The highest BCUT2D eigenvalue weighted by molar-refractivity contribution is 9.10. The molecule has 2 aromatic rings. The van der Waals surface area contributed by atoms with Gasteiger partial charge in [0.1, 0.15) is 5.75 Å². The summed E-state index contributed by atoms with van der Waals surface area (Å²) in [5.41, 5.74) is 1.84. The highest BCUT2D eigenvalue weighted by Gasteiger charge is 2.15. The summed E-state index contributed by atoms with van der Waals surface area (Å²) in [5.74, 6) is 0.772. The van der Waals surface area contributed by atoms with Crippen molar-refractivity contribution in [1.29, 1.82) is 0 Å². The maximum atomic E-state index is 6.48. The Kier molecular flexibility index (Phi) is 5.02. The highest BCUT2D eigenvalue weighted by Crippen LogP contribution is 2.37. The van der Waals surface area contributed by atoms with Gasteiger partial charge in [0.15, 0.2) is 0 Å². The van der Waals surface area contributed by atoms with Gasteiger partial charge in [-0.15, -0.1) is 11.6 Å². The molecular formula is C14H10BrCl3O. The molecule has 5 heteroatoms. The molecule has 1 atom stereocenters. The first-order valence-electron chi connectivity index (χ1n) is 5.45. The summed E-state index contributed by atoms with van der Waals surface area (Å²) in [6.07, 6.45) is 0. The predicted molar refractivity (Wildman–Crippen MR) is 84.9 cm³/mol. The van der Waals surface area contributed by atoms with Crippen molar-refractivity contribution in [3.63, 3.8) is 0 Å². The lowest BCUT2D eigenvalue weighted by Gasteiger charge is -2.14. The Labute approximate surface area is 135 Å². The minimum absolute atomic E-state index is 0.310. The van der Waals surface area contributed by atoms with Gasteiger partial charge in [-0.25, -0.2) is 0 Å². The Bertz CT molecular complexity index is 601. The Balaban J connectivity index is 2.38. The van der Waals surface area contributed by atoms with Crippen LogP contribution in [0.5, 0.6) is 5.75 Å². The van der Waals surface area contributed by atoms with Crippen LogP contribution >= 0.6 is 50.7 Å². The number of ether oxygens (including phenoxy) is 1. The van der Waals surface area contributed by atoms with E-state index >= 15 is 0 Å². The fraction of sp³-hybridized carbons (Fsp3) is 0.143. The van der Waals surface area contributed by atoms with Crippen LogP contribution in [-0.4, -0.2) is 7.11 Å². The van der Waals surface area contributed by atoms with E-state index in [0.717, 1.165) is 21.3 Å². The summed E-state index contributed by atoms with van der Waals surface area (Å²) in [6.45, 7) is 0. The Morgan fingerprint density at radius 3 is 2.37 bits per heavy atom. The van der Waals surface area contributed by atoms with Crippen molar-refractivity contribution in [3.05, 3.63) is 62.0 Å². The SMILES string of the molecule is COc1ccc(C(Cl)c2ccc(Cl)c(Cl)c2)c(Br)c1. The first-order valence-corrected chi connectivity index (χ1v) is 7.44. The fourth-order valence-electron chi connectivity index (χ4n) is 1.69. The van der Waals surface area contributed by atoms with Gasteiger partial charge in [-0.1, -0.05) is 51.3 Å². The molecule has 1 unspecified atom stereocenters. The van der Waals surface area contributed by atoms with E-state index in [4.69, 9.17) is 39.5 Å². The van der Waals surface area contributed by atoms with Gasteiger partial charge < -0.3 is 4.74 Å². The van der Waals surface area contributed by atoms with Crippen molar-refractivity contribution in [2.24, 2.45) is 0 Å². The molecule has 0 heterocycles. The van der Waals surface area contributed by atoms with Gasteiger partial charge in [0.25, 0.3) is 0 Å². The van der Waals surface area contributed by atoms with Crippen molar-refractivity contribution >= 4 is 50.7 Å². The van der Waals surface area contributed by atoms with Crippen LogP contribution in [0.25, 0.3) is 0 Å². The predicted octanol–water partition coefficient (Wildman–Crippen LogP) is 6.09. The molecule has 0 spiro atoms. The number of rotatable bonds is 3. The molecule has 0 N–H and O–H groups in total. The van der Waals surface area contributed by atoms with E-state index in [1.165, 1.54) is 0 Å². The molecule has 2 rings (SSSR count). The molecule has 1 nitrogen and oxygen atoms in total. The first-order chi connectivity index (χ1) is 9.02. The van der Waals surface area contributed by atoms with Crippen LogP contribution in [0.15, 0.2) is 40.9 Å². The topological polar surface area (TPSA) is 9.23 Å². The summed E-state index contributed by atoms with van der Waals surface area (Å²) in [5, 5.41) is 0.701. The quantitative estimate of drug-likeness (QED) is 0.585. The van der Waals surface area contributed by atoms with Crippen molar-refractivity contribution in [3.8, 4) is 5.75 Å². The number of halogens is 4. The zero-order chi connectivity index (χ0) is 14.0. The molecule has 0 aliphatic rings. The lowest BCUT2D eigenvalue weighted by atomic mass is 10.0. The van der Waals surface area contributed by atoms with Crippen LogP contribution < -0.4 is 4.74 Å². The number of hydrogen-bond acceptors (Lipinski definition) is 1. The van der Waals surface area contributed by atoms with E-state index in [-0.39, 0.29) is 5.38 Å². The van der Waals surface area contributed by atoms with Gasteiger partial charge in [0.2, 0.25) is 0 Å². The van der Waals surface area contributed by atoms with Crippen LogP contribution in [0.1, 0.15) is 16.5 Å². The van der Waals surface area contributed by atoms with E-state index in [1.54, 1.807) is 19.2 Å². The molecule has 0 saturated heterocycles. The van der Waals surface area contributed by atoms with E-state index in [0.29, 0.717) is 10.0 Å². The molecule has 19 heavy (non-hydrogen) atoms. The van der Waals surface area contributed by atoms with Crippen molar-refractivity contribution < 1.29 is 4.74 Å².